The summed E-state index contributed by atoms with van der Waals surface area (Å²) in [7, 11) is -4.76. The minimum atomic E-state index is -4.76. The van der Waals surface area contributed by atoms with E-state index in [1.54, 1.807) is 0 Å². The van der Waals surface area contributed by atoms with Crippen molar-refractivity contribution in [3.05, 3.63) is 48.6 Å². The number of rotatable bonds is 40. The maximum atomic E-state index is 12.4. The minimum Gasteiger partial charge on any atom is -0.462 e. The molecule has 0 bridgehead atoms. The van der Waals surface area contributed by atoms with E-state index >= 15 is 0 Å². The van der Waals surface area contributed by atoms with Crippen LogP contribution in [-0.4, -0.2) is 41.0 Å². The zero-order valence-corrected chi connectivity index (χ0v) is 35.5. The number of carbonyl (C=O) groups is 2. The fourth-order valence-corrected chi connectivity index (χ4v) is 6.45. The lowest BCUT2D eigenvalue weighted by molar-refractivity contribution is -0.161. The van der Waals surface area contributed by atoms with Gasteiger partial charge >= 0.3 is 19.8 Å². The second-order valence-electron chi connectivity index (χ2n) is 14.6. The number of carbonyl (C=O) groups excluding carboxylic acids is 2. The summed E-state index contributed by atoms with van der Waals surface area (Å²) in [6.45, 7) is 3.57. The van der Waals surface area contributed by atoms with E-state index in [-0.39, 0.29) is 19.4 Å². The predicted molar refractivity (Wildman–Crippen MR) is 225 cm³/mol. The van der Waals surface area contributed by atoms with Crippen LogP contribution in [0.3, 0.4) is 0 Å². The van der Waals surface area contributed by atoms with Crippen molar-refractivity contribution in [3.8, 4) is 0 Å². The van der Waals surface area contributed by atoms with E-state index in [0.29, 0.717) is 12.8 Å². The quantitative estimate of drug-likeness (QED) is 0.0273. The molecule has 0 aliphatic carbocycles. The van der Waals surface area contributed by atoms with Crippen molar-refractivity contribution < 1.29 is 37.9 Å². The van der Waals surface area contributed by atoms with E-state index in [0.717, 1.165) is 70.6 Å². The Labute approximate surface area is 331 Å². The first kappa shape index (κ1) is 52.0. The minimum absolute atomic E-state index is 0.207. The Hall–Kier alpha value is -1.99. The Morgan fingerprint density at radius 2 is 0.889 bits per heavy atom. The number of phosphoric ester groups is 1. The molecule has 0 saturated heterocycles. The van der Waals surface area contributed by atoms with Crippen molar-refractivity contribution in [1.82, 2.24) is 0 Å². The lowest BCUT2D eigenvalue weighted by Crippen LogP contribution is -2.29. The lowest BCUT2D eigenvalue weighted by Gasteiger charge is -2.18. The third-order valence-corrected chi connectivity index (χ3v) is 9.82. The third-order valence-electron chi connectivity index (χ3n) is 9.33. The van der Waals surface area contributed by atoms with Gasteiger partial charge in [0.1, 0.15) is 6.61 Å². The summed E-state index contributed by atoms with van der Waals surface area (Å²) in [6.07, 6.45) is 49.8. The second-order valence-corrected chi connectivity index (χ2v) is 15.9. The van der Waals surface area contributed by atoms with E-state index in [1.807, 2.05) is 0 Å². The Balaban J connectivity index is 3.89. The van der Waals surface area contributed by atoms with E-state index < -0.39 is 32.5 Å². The molecule has 1 atom stereocenters. The van der Waals surface area contributed by atoms with Gasteiger partial charge in [0, 0.05) is 12.8 Å². The van der Waals surface area contributed by atoms with Gasteiger partial charge in [-0.25, -0.2) is 4.57 Å². The number of ether oxygens (including phenoxy) is 2. The fourth-order valence-electron chi connectivity index (χ4n) is 6.09. The zero-order valence-electron chi connectivity index (χ0n) is 34.6. The molecule has 0 spiro atoms. The first-order valence-electron chi connectivity index (χ1n) is 21.9. The topological polar surface area (TPSA) is 119 Å². The van der Waals surface area contributed by atoms with Crippen LogP contribution in [-0.2, 0) is 28.2 Å². The average Bonchev–Trinajstić information content (AvgIpc) is 3.14. The van der Waals surface area contributed by atoms with E-state index in [2.05, 4.69) is 67.0 Å². The zero-order chi connectivity index (χ0) is 39.6. The first-order chi connectivity index (χ1) is 26.3. The Bertz CT molecular complexity index is 1020. The van der Waals surface area contributed by atoms with Crippen LogP contribution in [0.25, 0.3) is 0 Å². The summed E-state index contributed by atoms with van der Waals surface area (Å²) >= 11 is 0. The molecule has 9 heteroatoms. The Morgan fingerprint density at radius 3 is 1.35 bits per heavy atom. The lowest BCUT2D eigenvalue weighted by atomic mass is 10.0. The molecule has 0 fully saturated rings. The molecule has 0 amide bonds. The molecule has 0 aromatic rings. The van der Waals surface area contributed by atoms with Crippen LogP contribution in [0, 0.1) is 0 Å². The molecule has 0 aliphatic heterocycles. The molecule has 0 heterocycles. The normalized spacial score (nSPS) is 12.9. The number of unbranched alkanes of at least 4 members (excludes halogenated alkanes) is 22. The fraction of sp³-hybridized carbons (Fsp3) is 0.778. The molecular formula is C45H81O8P. The highest BCUT2D eigenvalue weighted by atomic mass is 31.2. The van der Waals surface area contributed by atoms with Crippen molar-refractivity contribution in [2.24, 2.45) is 0 Å². The van der Waals surface area contributed by atoms with Crippen molar-refractivity contribution in [1.29, 1.82) is 0 Å². The monoisotopic (exact) mass is 781 g/mol. The molecule has 0 rings (SSSR count). The van der Waals surface area contributed by atoms with Crippen molar-refractivity contribution in [2.75, 3.05) is 13.2 Å². The van der Waals surface area contributed by atoms with Crippen molar-refractivity contribution in [2.45, 2.75) is 213 Å². The van der Waals surface area contributed by atoms with Gasteiger partial charge in [0.15, 0.2) is 6.10 Å². The van der Waals surface area contributed by atoms with Gasteiger partial charge in [-0.1, -0.05) is 172 Å². The van der Waals surface area contributed by atoms with Gasteiger partial charge < -0.3 is 19.3 Å². The first-order valence-corrected chi connectivity index (χ1v) is 23.5. The molecule has 0 aliphatic rings. The number of phosphoric acid groups is 1. The van der Waals surface area contributed by atoms with Crippen LogP contribution in [0.5, 0.6) is 0 Å². The average molecular weight is 781 g/mol. The van der Waals surface area contributed by atoms with Crippen LogP contribution in [0.1, 0.15) is 206 Å². The third kappa shape index (κ3) is 42.7. The molecule has 54 heavy (non-hydrogen) atoms. The van der Waals surface area contributed by atoms with Gasteiger partial charge in [-0.05, 0) is 70.6 Å². The van der Waals surface area contributed by atoms with Gasteiger partial charge in [0.25, 0.3) is 0 Å². The number of hydrogen-bond donors (Lipinski definition) is 2. The molecule has 2 N–H and O–H groups in total. The molecular weight excluding hydrogens is 699 g/mol. The summed E-state index contributed by atoms with van der Waals surface area (Å²) < 4.78 is 26.4. The van der Waals surface area contributed by atoms with Gasteiger partial charge in [-0.2, -0.15) is 0 Å². The summed E-state index contributed by atoms with van der Waals surface area (Å²) in [5, 5.41) is 0. The molecule has 8 nitrogen and oxygen atoms in total. The molecule has 0 saturated carbocycles. The second kappa shape index (κ2) is 40.7. The highest BCUT2D eigenvalue weighted by Gasteiger charge is 2.22. The molecule has 0 unspecified atom stereocenters. The Morgan fingerprint density at radius 1 is 0.500 bits per heavy atom. The molecule has 0 radical (unpaired) electrons. The van der Waals surface area contributed by atoms with Gasteiger partial charge in [-0.3, -0.25) is 14.1 Å². The smallest absolute Gasteiger partial charge is 0.462 e. The molecule has 0 aromatic carbocycles. The van der Waals surface area contributed by atoms with Gasteiger partial charge in [0.05, 0.1) is 6.61 Å². The summed E-state index contributed by atoms with van der Waals surface area (Å²) in [4.78, 5) is 42.9. The van der Waals surface area contributed by atoms with Crippen LogP contribution in [0.2, 0.25) is 0 Å². The van der Waals surface area contributed by atoms with Crippen molar-refractivity contribution >= 4 is 19.8 Å². The summed E-state index contributed by atoms with van der Waals surface area (Å²) in [5.41, 5.74) is 0. The van der Waals surface area contributed by atoms with E-state index in [4.69, 9.17) is 19.3 Å². The summed E-state index contributed by atoms with van der Waals surface area (Å²) in [6, 6.07) is 0. The highest BCUT2D eigenvalue weighted by Crippen LogP contribution is 2.36. The largest absolute Gasteiger partial charge is 0.469 e. The standard InChI is InChI=1S/C45H81O8P/c1-3-5-7-9-11-13-15-17-19-20-21-22-23-24-26-28-30-32-34-36-38-40-45(47)53-43(42-52-54(48,49)50)41-51-44(46)39-37-35-33-31-29-27-25-18-16-14-12-10-8-6-4-2/h6,8,12,14,17-19,25,43H,3-5,7,9-11,13,15-16,20-24,26-42H2,1-2H3,(H2,48,49,50)/b8-6-,14-12-,19-17-,25-18-/t43-/m1/s1. The number of hydrogen-bond acceptors (Lipinski definition) is 6. The highest BCUT2D eigenvalue weighted by molar-refractivity contribution is 7.46. The maximum Gasteiger partial charge on any atom is 0.469 e. The van der Waals surface area contributed by atoms with E-state index in [1.165, 1.54) is 96.3 Å². The van der Waals surface area contributed by atoms with Crippen LogP contribution in [0.15, 0.2) is 48.6 Å². The molecule has 0 aromatic heterocycles. The summed E-state index contributed by atoms with van der Waals surface area (Å²) in [5.74, 6) is -0.903. The predicted octanol–water partition coefficient (Wildman–Crippen LogP) is 13.5. The maximum absolute atomic E-state index is 12.4. The molecule has 314 valence electrons. The van der Waals surface area contributed by atoms with Crippen LogP contribution < -0.4 is 0 Å². The van der Waals surface area contributed by atoms with Gasteiger partial charge in [0.2, 0.25) is 0 Å². The Kier molecular flexibility index (Phi) is 39.2. The van der Waals surface area contributed by atoms with Crippen LogP contribution >= 0.6 is 7.82 Å². The number of esters is 2. The van der Waals surface area contributed by atoms with E-state index in [9.17, 15) is 14.2 Å². The van der Waals surface area contributed by atoms with Gasteiger partial charge in [-0.15, -0.1) is 0 Å². The van der Waals surface area contributed by atoms with Crippen LogP contribution in [0.4, 0.5) is 0 Å². The SMILES string of the molecule is CC/C=C\C/C=C\C/C=C\CCCCCCCC(=O)OC[C@H](COP(=O)(O)O)OC(=O)CCCCCCCCCCCCC/C=C\CCCCCCCC. The number of allylic oxidation sites excluding steroid dienone is 8. The van der Waals surface area contributed by atoms with Crippen molar-refractivity contribution in [3.63, 3.8) is 0 Å².